The fourth-order valence-corrected chi connectivity index (χ4v) is 4.19. The van der Waals surface area contributed by atoms with Crippen molar-refractivity contribution in [2.24, 2.45) is 0 Å². The maximum Gasteiger partial charge on any atom is 0.303 e. The molecule has 7 heteroatoms. The van der Waals surface area contributed by atoms with Crippen molar-refractivity contribution < 1.29 is 19.1 Å². The van der Waals surface area contributed by atoms with Crippen LogP contribution >= 0.6 is 0 Å². The number of furan rings is 1. The third-order valence-electron chi connectivity index (χ3n) is 5.98. The van der Waals surface area contributed by atoms with Crippen molar-refractivity contribution in [1.82, 2.24) is 9.97 Å². The van der Waals surface area contributed by atoms with E-state index in [0.717, 1.165) is 39.1 Å². The Hall–Kier alpha value is -4.65. The van der Waals surface area contributed by atoms with Crippen LogP contribution in [0, 0.1) is 0 Å². The molecule has 0 saturated carbocycles. The van der Waals surface area contributed by atoms with Gasteiger partial charge in [-0.1, -0.05) is 54.6 Å². The zero-order valence-corrected chi connectivity index (χ0v) is 19.8. The molecule has 5 rings (SSSR count). The van der Waals surface area contributed by atoms with Gasteiger partial charge in [0.2, 0.25) is 5.71 Å². The molecule has 2 aromatic heterocycles. The predicted molar refractivity (Wildman–Crippen MR) is 140 cm³/mol. The Bertz CT molecular complexity index is 1480. The lowest BCUT2D eigenvalue weighted by Crippen LogP contribution is -1.97. The molecule has 0 aliphatic heterocycles. The molecule has 5 aromatic rings. The van der Waals surface area contributed by atoms with Gasteiger partial charge in [-0.25, -0.2) is 9.97 Å². The SMILES string of the molecule is COc1ccc(-c2c(-c3ccccc3)oc3ncnc(Nc4ccc(CCCC(=O)O)cc4)c23)cc1. The first-order chi connectivity index (χ1) is 17.6. The van der Waals surface area contributed by atoms with Crippen molar-refractivity contribution in [3.05, 3.63) is 90.8 Å². The van der Waals surface area contributed by atoms with Gasteiger partial charge in [0, 0.05) is 23.2 Å². The molecule has 180 valence electrons. The molecule has 0 spiro atoms. The van der Waals surface area contributed by atoms with Gasteiger partial charge in [0.1, 0.15) is 23.7 Å². The van der Waals surface area contributed by atoms with Gasteiger partial charge in [0.25, 0.3) is 0 Å². The third-order valence-corrected chi connectivity index (χ3v) is 5.98. The summed E-state index contributed by atoms with van der Waals surface area (Å²) in [7, 11) is 1.64. The number of hydrogen-bond acceptors (Lipinski definition) is 6. The van der Waals surface area contributed by atoms with Crippen LogP contribution in [0.2, 0.25) is 0 Å². The summed E-state index contributed by atoms with van der Waals surface area (Å²) in [5.41, 5.74) is 5.23. The molecule has 0 saturated heterocycles. The highest BCUT2D eigenvalue weighted by Crippen LogP contribution is 2.43. The summed E-state index contributed by atoms with van der Waals surface area (Å²) < 4.78 is 11.6. The highest BCUT2D eigenvalue weighted by Gasteiger charge is 2.22. The third kappa shape index (κ3) is 4.90. The number of nitrogens with zero attached hydrogens (tertiary/aromatic N) is 2. The molecule has 0 bridgehead atoms. The second-order valence-corrected chi connectivity index (χ2v) is 8.37. The van der Waals surface area contributed by atoms with Crippen LogP contribution < -0.4 is 10.1 Å². The topological polar surface area (TPSA) is 97.5 Å². The number of methoxy groups -OCH3 is 1. The Morgan fingerprint density at radius 3 is 2.39 bits per heavy atom. The number of carbonyl (C=O) groups is 1. The van der Waals surface area contributed by atoms with Crippen molar-refractivity contribution in [3.63, 3.8) is 0 Å². The fourth-order valence-electron chi connectivity index (χ4n) is 4.19. The normalized spacial score (nSPS) is 10.9. The summed E-state index contributed by atoms with van der Waals surface area (Å²) in [6, 6.07) is 25.7. The average Bonchev–Trinajstić information content (AvgIpc) is 3.31. The molecule has 3 aromatic carbocycles. The number of carboxylic acid groups (broad SMARTS) is 1. The van der Waals surface area contributed by atoms with Crippen molar-refractivity contribution in [1.29, 1.82) is 0 Å². The van der Waals surface area contributed by atoms with Gasteiger partial charge < -0.3 is 19.6 Å². The fraction of sp³-hybridized carbons (Fsp3) is 0.138. The lowest BCUT2D eigenvalue weighted by molar-refractivity contribution is -0.137. The van der Waals surface area contributed by atoms with Crippen LogP contribution in [0.5, 0.6) is 5.75 Å². The van der Waals surface area contributed by atoms with Crippen molar-refractivity contribution in [3.8, 4) is 28.2 Å². The Labute approximate surface area is 208 Å². The standard InChI is InChI=1S/C29H25N3O4/c1-35-23-16-12-20(13-17-23)25-26-28(32-22-14-10-19(11-15-22)6-5-9-24(33)34)30-18-31-29(26)36-27(25)21-7-3-2-4-8-21/h2-4,7-8,10-18H,5-6,9H2,1H3,(H,33,34)(H,30,31,32). The first-order valence-corrected chi connectivity index (χ1v) is 11.7. The molecule has 0 aliphatic rings. The molecule has 0 aliphatic carbocycles. The summed E-state index contributed by atoms with van der Waals surface area (Å²) in [6.45, 7) is 0. The van der Waals surface area contributed by atoms with E-state index in [0.29, 0.717) is 30.1 Å². The first-order valence-electron chi connectivity index (χ1n) is 11.7. The van der Waals surface area contributed by atoms with Crippen LogP contribution in [0.25, 0.3) is 33.6 Å². The number of ether oxygens (including phenoxy) is 1. The van der Waals surface area contributed by atoms with E-state index >= 15 is 0 Å². The number of carboxylic acids is 1. The van der Waals surface area contributed by atoms with Gasteiger partial charge in [-0.3, -0.25) is 4.79 Å². The smallest absolute Gasteiger partial charge is 0.303 e. The molecule has 7 nitrogen and oxygen atoms in total. The minimum absolute atomic E-state index is 0.164. The second-order valence-electron chi connectivity index (χ2n) is 8.37. The average molecular weight is 480 g/mol. The number of nitrogens with one attached hydrogen (secondary N) is 1. The highest BCUT2D eigenvalue weighted by atomic mass is 16.5. The summed E-state index contributed by atoms with van der Waals surface area (Å²) in [5.74, 6) is 1.35. The van der Waals surface area contributed by atoms with E-state index in [-0.39, 0.29) is 6.42 Å². The van der Waals surface area contributed by atoms with E-state index in [1.807, 2.05) is 78.9 Å². The number of hydrogen-bond donors (Lipinski definition) is 2. The van der Waals surface area contributed by atoms with Gasteiger partial charge in [-0.2, -0.15) is 0 Å². The molecule has 0 fully saturated rings. The largest absolute Gasteiger partial charge is 0.497 e. The quantitative estimate of drug-likeness (QED) is 0.242. The molecule has 36 heavy (non-hydrogen) atoms. The Morgan fingerprint density at radius 2 is 1.69 bits per heavy atom. The van der Waals surface area contributed by atoms with E-state index < -0.39 is 5.97 Å². The maximum absolute atomic E-state index is 10.8. The van der Waals surface area contributed by atoms with Gasteiger partial charge in [-0.15, -0.1) is 0 Å². The Balaban J connectivity index is 1.55. The van der Waals surface area contributed by atoms with Crippen LogP contribution in [-0.4, -0.2) is 28.2 Å². The van der Waals surface area contributed by atoms with E-state index in [9.17, 15) is 4.79 Å². The van der Waals surface area contributed by atoms with E-state index in [1.54, 1.807) is 7.11 Å². The molecule has 2 N–H and O–H groups in total. The first kappa shape index (κ1) is 23.1. The van der Waals surface area contributed by atoms with Gasteiger partial charge in [0.05, 0.1) is 12.5 Å². The number of aliphatic carboxylic acids is 1. The Morgan fingerprint density at radius 1 is 0.944 bits per heavy atom. The Kier molecular flexibility index (Phi) is 6.62. The van der Waals surface area contributed by atoms with Crippen molar-refractivity contribution in [2.75, 3.05) is 12.4 Å². The number of anilines is 2. The minimum atomic E-state index is -0.774. The van der Waals surface area contributed by atoms with E-state index in [4.69, 9.17) is 14.3 Å². The monoisotopic (exact) mass is 479 g/mol. The molecule has 0 radical (unpaired) electrons. The molecule has 0 unspecified atom stereocenters. The molecule has 2 heterocycles. The number of benzene rings is 3. The molecule has 0 amide bonds. The van der Waals surface area contributed by atoms with Crippen LogP contribution in [-0.2, 0) is 11.2 Å². The number of fused-ring (bicyclic) bond motifs is 1. The van der Waals surface area contributed by atoms with Crippen molar-refractivity contribution in [2.45, 2.75) is 19.3 Å². The summed E-state index contributed by atoms with van der Waals surface area (Å²) >= 11 is 0. The highest BCUT2D eigenvalue weighted by molar-refractivity contribution is 6.06. The van der Waals surface area contributed by atoms with Crippen LogP contribution in [0.15, 0.2) is 89.6 Å². The molecule has 0 atom stereocenters. The summed E-state index contributed by atoms with van der Waals surface area (Å²) in [6.07, 6.45) is 2.98. The number of aromatic nitrogens is 2. The van der Waals surface area contributed by atoms with E-state index in [1.165, 1.54) is 6.33 Å². The van der Waals surface area contributed by atoms with Gasteiger partial charge in [-0.05, 0) is 48.2 Å². The lowest BCUT2D eigenvalue weighted by atomic mass is 9.99. The summed E-state index contributed by atoms with van der Waals surface area (Å²) in [4.78, 5) is 19.7. The lowest BCUT2D eigenvalue weighted by Gasteiger charge is -2.10. The van der Waals surface area contributed by atoms with Crippen molar-refractivity contribution >= 4 is 28.6 Å². The zero-order chi connectivity index (χ0) is 24.9. The minimum Gasteiger partial charge on any atom is -0.497 e. The predicted octanol–water partition coefficient (Wildman–Crippen LogP) is 6.72. The number of aryl methyl sites for hydroxylation is 1. The molecular formula is C29H25N3O4. The molecular weight excluding hydrogens is 454 g/mol. The maximum atomic E-state index is 10.8. The van der Waals surface area contributed by atoms with Gasteiger partial charge in [0.15, 0.2) is 0 Å². The number of rotatable bonds is 9. The second kappa shape index (κ2) is 10.3. The van der Waals surface area contributed by atoms with Crippen LogP contribution in [0.3, 0.4) is 0 Å². The van der Waals surface area contributed by atoms with Gasteiger partial charge >= 0.3 is 5.97 Å². The van der Waals surface area contributed by atoms with Crippen LogP contribution in [0.4, 0.5) is 11.5 Å². The van der Waals surface area contributed by atoms with Crippen LogP contribution in [0.1, 0.15) is 18.4 Å². The summed E-state index contributed by atoms with van der Waals surface area (Å²) in [5, 5.41) is 13.1. The van der Waals surface area contributed by atoms with E-state index in [2.05, 4.69) is 15.3 Å². The zero-order valence-electron chi connectivity index (χ0n) is 19.8.